The standard InChI is InChI=1S/C15H11ClFN3O/c16-10-5-7-11(8-6-10)20-18-14(9-21)15(19-20)12-3-1-2-4-13(12)17/h1-8,21H,9H2. The molecule has 0 spiro atoms. The molecule has 0 atom stereocenters. The van der Waals surface area contributed by atoms with Crippen LogP contribution in [0.25, 0.3) is 16.9 Å². The van der Waals surface area contributed by atoms with Gasteiger partial charge in [0.2, 0.25) is 0 Å². The SMILES string of the molecule is OCc1nn(-c2ccc(Cl)cc2)nc1-c1ccccc1F. The lowest BCUT2D eigenvalue weighted by molar-refractivity contribution is 0.276. The summed E-state index contributed by atoms with van der Waals surface area (Å²) in [6.07, 6.45) is 0. The van der Waals surface area contributed by atoms with Gasteiger partial charge in [-0.25, -0.2) is 4.39 Å². The van der Waals surface area contributed by atoms with Crippen LogP contribution in [0.4, 0.5) is 4.39 Å². The molecule has 0 unspecified atom stereocenters. The zero-order valence-electron chi connectivity index (χ0n) is 10.9. The lowest BCUT2D eigenvalue weighted by atomic mass is 10.1. The molecule has 1 heterocycles. The Labute approximate surface area is 125 Å². The molecular formula is C15H11ClFN3O. The zero-order chi connectivity index (χ0) is 14.8. The predicted molar refractivity (Wildman–Crippen MR) is 77.7 cm³/mol. The van der Waals surface area contributed by atoms with Crippen molar-refractivity contribution in [2.45, 2.75) is 6.61 Å². The van der Waals surface area contributed by atoms with Crippen LogP contribution < -0.4 is 0 Å². The smallest absolute Gasteiger partial charge is 0.132 e. The largest absolute Gasteiger partial charge is 0.390 e. The number of aliphatic hydroxyl groups excluding tert-OH is 1. The summed E-state index contributed by atoms with van der Waals surface area (Å²) in [6, 6.07) is 13.2. The van der Waals surface area contributed by atoms with Crippen LogP contribution in [0.3, 0.4) is 0 Å². The third-order valence-corrected chi connectivity index (χ3v) is 3.27. The quantitative estimate of drug-likeness (QED) is 0.808. The van der Waals surface area contributed by atoms with Gasteiger partial charge in [-0.3, -0.25) is 0 Å². The Bertz CT molecular complexity index is 771. The normalized spacial score (nSPS) is 10.8. The monoisotopic (exact) mass is 303 g/mol. The average molecular weight is 304 g/mol. The number of rotatable bonds is 3. The van der Waals surface area contributed by atoms with Crippen molar-refractivity contribution >= 4 is 11.6 Å². The Balaban J connectivity index is 2.11. The zero-order valence-corrected chi connectivity index (χ0v) is 11.6. The van der Waals surface area contributed by atoms with Crippen molar-refractivity contribution in [2.24, 2.45) is 0 Å². The first kappa shape index (κ1) is 13.7. The maximum atomic E-state index is 13.9. The second-order valence-electron chi connectivity index (χ2n) is 4.40. The van der Waals surface area contributed by atoms with Crippen molar-refractivity contribution in [3.63, 3.8) is 0 Å². The number of aromatic nitrogens is 3. The molecule has 0 radical (unpaired) electrons. The van der Waals surface area contributed by atoms with Crippen LogP contribution in [0.1, 0.15) is 5.69 Å². The van der Waals surface area contributed by atoms with E-state index in [0.717, 1.165) is 0 Å². The van der Waals surface area contributed by atoms with Crippen LogP contribution in [0.2, 0.25) is 5.02 Å². The summed E-state index contributed by atoms with van der Waals surface area (Å²) < 4.78 is 13.9. The Morgan fingerprint density at radius 1 is 1.05 bits per heavy atom. The molecule has 0 aliphatic rings. The molecule has 0 amide bonds. The van der Waals surface area contributed by atoms with Gasteiger partial charge in [0, 0.05) is 10.6 Å². The third-order valence-electron chi connectivity index (χ3n) is 3.02. The Kier molecular flexibility index (Phi) is 3.68. The molecule has 106 valence electrons. The van der Waals surface area contributed by atoms with Crippen molar-refractivity contribution in [3.8, 4) is 16.9 Å². The van der Waals surface area contributed by atoms with Crippen LogP contribution in [-0.4, -0.2) is 20.1 Å². The van der Waals surface area contributed by atoms with Gasteiger partial charge in [0.25, 0.3) is 0 Å². The van der Waals surface area contributed by atoms with Gasteiger partial charge in [0.1, 0.15) is 17.2 Å². The van der Waals surface area contributed by atoms with E-state index >= 15 is 0 Å². The highest BCUT2D eigenvalue weighted by atomic mass is 35.5. The highest BCUT2D eigenvalue weighted by Crippen LogP contribution is 2.24. The summed E-state index contributed by atoms with van der Waals surface area (Å²) >= 11 is 5.84. The first-order valence-electron chi connectivity index (χ1n) is 6.27. The van der Waals surface area contributed by atoms with Crippen molar-refractivity contribution in [1.82, 2.24) is 15.0 Å². The van der Waals surface area contributed by atoms with Gasteiger partial charge in [-0.05, 0) is 36.4 Å². The van der Waals surface area contributed by atoms with Gasteiger partial charge >= 0.3 is 0 Å². The van der Waals surface area contributed by atoms with E-state index < -0.39 is 5.82 Å². The second kappa shape index (κ2) is 5.63. The van der Waals surface area contributed by atoms with E-state index in [9.17, 15) is 9.50 Å². The van der Waals surface area contributed by atoms with Crippen molar-refractivity contribution in [1.29, 1.82) is 0 Å². The maximum Gasteiger partial charge on any atom is 0.132 e. The van der Waals surface area contributed by atoms with Gasteiger partial charge in [0.05, 0.1) is 12.3 Å². The molecule has 0 bridgehead atoms. The summed E-state index contributed by atoms with van der Waals surface area (Å²) in [5.74, 6) is -0.407. The van der Waals surface area contributed by atoms with Gasteiger partial charge in [0.15, 0.2) is 0 Å². The van der Waals surface area contributed by atoms with E-state index in [1.54, 1.807) is 42.5 Å². The lowest BCUT2D eigenvalue weighted by Crippen LogP contribution is -1.98. The fourth-order valence-corrected chi connectivity index (χ4v) is 2.12. The molecule has 0 fully saturated rings. The number of hydrogen-bond acceptors (Lipinski definition) is 3. The first-order valence-corrected chi connectivity index (χ1v) is 6.65. The second-order valence-corrected chi connectivity index (χ2v) is 4.84. The van der Waals surface area contributed by atoms with Crippen LogP contribution in [-0.2, 0) is 6.61 Å². The highest BCUT2D eigenvalue weighted by molar-refractivity contribution is 6.30. The lowest BCUT2D eigenvalue weighted by Gasteiger charge is -2.00. The third kappa shape index (κ3) is 2.66. The van der Waals surface area contributed by atoms with E-state index in [-0.39, 0.29) is 6.61 Å². The molecule has 2 aromatic carbocycles. The Hall–Kier alpha value is -2.24. The summed E-state index contributed by atoms with van der Waals surface area (Å²) in [5.41, 5.74) is 1.62. The summed E-state index contributed by atoms with van der Waals surface area (Å²) in [6.45, 7) is -0.322. The molecule has 21 heavy (non-hydrogen) atoms. The highest BCUT2D eigenvalue weighted by Gasteiger charge is 2.16. The molecule has 3 rings (SSSR count). The Morgan fingerprint density at radius 3 is 2.43 bits per heavy atom. The van der Waals surface area contributed by atoms with Gasteiger partial charge in [-0.1, -0.05) is 23.7 Å². The number of aliphatic hydroxyl groups is 1. The fourth-order valence-electron chi connectivity index (χ4n) is 2.00. The van der Waals surface area contributed by atoms with E-state index in [2.05, 4.69) is 10.2 Å². The maximum absolute atomic E-state index is 13.9. The number of hydrogen-bond donors (Lipinski definition) is 1. The van der Waals surface area contributed by atoms with Gasteiger partial charge < -0.3 is 5.11 Å². The Morgan fingerprint density at radius 2 is 1.76 bits per heavy atom. The van der Waals surface area contributed by atoms with Crippen LogP contribution in [0.5, 0.6) is 0 Å². The molecule has 6 heteroatoms. The van der Waals surface area contributed by atoms with E-state index in [0.29, 0.717) is 27.7 Å². The van der Waals surface area contributed by atoms with Crippen LogP contribution >= 0.6 is 11.6 Å². The van der Waals surface area contributed by atoms with Gasteiger partial charge in [-0.2, -0.15) is 9.90 Å². The molecule has 4 nitrogen and oxygen atoms in total. The molecule has 3 aromatic rings. The van der Waals surface area contributed by atoms with E-state index in [4.69, 9.17) is 11.6 Å². The first-order chi connectivity index (χ1) is 10.2. The minimum Gasteiger partial charge on any atom is -0.390 e. The van der Waals surface area contributed by atoms with E-state index in [1.807, 2.05) is 0 Å². The summed E-state index contributed by atoms with van der Waals surface area (Å²) in [5, 5.41) is 18.5. The average Bonchev–Trinajstić information content (AvgIpc) is 2.92. The minimum absolute atomic E-state index is 0.307. The molecule has 0 aliphatic carbocycles. The minimum atomic E-state index is -0.407. The number of benzene rings is 2. The van der Waals surface area contributed by atoms with Crippen LogP contribution in [0, 0.1) is 5.82 Å². The molecule has 0 saturated heterocycles. The molecule has 0 aliphatic heterocycles. The van der Waals surface area contributed by atoms with Crippen molar-refractivity contribution in [3.05, 3.63) is 65.1 Å². The van der Waals surface area contributed by atoms with Gasteiger partial charge in [-0.15, -0.1) is 5.10 Å². The topological polar surface area (TPSA) is 50.9 Å². The molecule has 1 N–H and O–H groups in total. The summed E-state index contributed by atoms with van der Waals surface area (Å²) in [7, 11) is 0. The van der Waals surface area contributed by atoms with Crippen molar-refractivity contribution in [2.75, 3.05) is 0 Å². The number of nitrogens with zero attached hydrogens (tertiary/aromatic N) is 3. The molecule has 1 aromatic heterocycles. The van der Waals surface area contributed by atoms with Crippen LogP contribution in [0.15, 0.2) is 48.5 Å². The predicted octanol–water partition coefficient (Wildman–Crippen LogP) is 3.22. The molecular weight excluding hydrogens is 293 g/mol. The number of halogens is 2. The van der Waals surface area contributed by atoms with E-state index in [1.165, 1.54) is 10.9 Å². The fraction of sp³-hybridized carbons (Fsp3) is 0.0667. The molecule has 0 saturated carbocycles. The summed E-state index contributed by atoms with van der Waals surface area (Å²) in [4.78, 5) is 1.35. The van der Waals surface area contributed by atoms with Crippen molar-refractivity contribution < 1.29 is 9.50 Å².